The van der Waals surface area contributed by atoms with Crippen molar-refractivity contribution in [2.75, 3.05) is 5.73 Å². The van der Waals surface area contributed by atoms with Gasteiger partial charge >= 0.3 is 5.97 Å². The standard InChI is InChI=1S/C12H12N4O3/c1-6-4-7(5-8(10(6)13)12(18)19)16-3-2-9(15-16)11(14)17/h2-5H,13H2,1H3,(H2,14,17)(H,18,19). The van der Waals surface area contributed by atoms with Crippen molar-refractivity contribution >= 4 is 17.6 Å². The number of rotatable bonds is 3. The van der Waals surface area contributed by atoms with Crippen molar-refractivity contribution in [2.24, 2.45) is 5.73 Å². The van der Waals surface area contributed by atoms with E-state index < -0.39 is 11.9 Å². The number of nitrogens with two attached hydrogens (primary N) is 2. The highest BCUT2D eigenvalue weighted by molar-refractivity contribution is 5.95. The number of primary amides is 1. The number of aromatic carboxylic acids is 1. The van der Waals surface area contributed by atoms with Gasteiger partial charge in [-0.25, -0.2) is 9.48 Å². The number of hydrogen-bond acceptors (Lipinski definition) is 4. The molecule has 7 nitrogen and oxygen atoms in total. The summed E-state index contributed by atoms with van der Waals surface area (Å²) in [6, 6.07) is 4.52. The molecule has 1 aromatic heterocycles. The summed E-state index contributed by atoms with van der Waals surface area (Å²) in [5.41, 5.74) is 12.2. The van der Waals surface area contributed by atoms with Crippen LogP contribution in [0.1, 0.15) is 26.4 Å². The predicted octanol–water partition coefficient (Wildman–Crippen LogP) is 0.560. The van der Waals surface area contributed by atoms with E-state index in [1.165, 1.54) is 23.0 Å². The number of amides is 1. The van der Waals surface area contributed by atoms with Crippen molar-refractivity contribution in [3.05, 3.63) is 41.2 Å². The molecule has 1 aromatic carbocycles. The van der Waals surface area contributed by atoms with Crippen LogP contribution in [-0.2, 0) is 0 Å². The molecule has 2 aromatic rings. The van der Waals surface area contributed by atoms with Crippen LogP contribution < -0.4 is 11.5 Å². The third-order valence-corrected chi connectivity index (χ3v) is 2.71. The van der Waals surface area contributed by atoms with Crippen LogP contribution in [-0.4, -0.2) is 26.8 Å². The molecule has 0 atom stereocenters. The average molecular weight is 260 g/mol. The lowest BCUT2D eigenvalue weighted by Gasteiger charge is -2.09. The van der Waals surface area contributed by atoms with E-state index in [9.17, 15) is 9.59 Å². The molecule has 0 unspecified atom stereocenters. The van der Waals surface area contributed by atoms with Gasteiger partial charge in [-0.1, -0.05) is 0 Å². The zero-order valence-corrected chi connectivity index (χ0v) is 10.1. The Bertz CT molecular complexity index is 676. The number of aryl methyl sites for hydroxylation is 1. The number of nitrogens with zero attached hydrogens (tertiary/aromatic N) is 2. The highest BCUT2D eigenvalue weighted by atomic mass is 16.4. The second kappa shape index (κ2) is 4.45. The molecule has 1 amide bonds. The molecule has 0 aliphatic rings. The molecule has 0 fully saturated rings. The molecule has 0 aliphatic carbocycles. The van der Waals surface area contributed by atoms with Crippen molar-refractivity contribution in [3.8, 4) is 5.69 Å². The van der Waals surface area contributed by atoms with Gasteiger partial charge in [0.05, 0.1) is 11.3 Å². The van der Waals surface area contributed by atoms with E-state index in [1.807, 2.05) is 0 Å². The summed E-state index contributed by atoms with van der Waals surface area (Å²) in [6.07, 6.45) is 1.52. The van der Waals surface area contributed by atoms with Crippen LogP contribution in [0, 0.1) is 6.92 Å². The van der Waals surface area contributed by atoms with Crippen LogP contribution in [0.25, 0.3) is 5.69 Å². The molecule has 1 heterocycles. The number of carbonyl (C=O) groups is 2. The summed E-state index contributed by atoms with van der Waals surface area (Å²) >= 11 is 0. The Morgan fingerprint density at radius 1 is 1.37 bits per heavy atom. The monoisotopic (exact) mass is 260 g/mol. The molecular formula is C12H12N4O3. The van der Waals surface area contributed by atoms with Crippen LogP contribution in [0.5, 0.6) is 0 Å². The van der Waals surface area contributed by atoms with Gasteiger partial charge in [0.15, 0.2) is 0 Å². The molecule has 0 radical (unpaired) electrons. The molecule has 0 spiro atoms. The van der Waals surface area contributed by atoms with Crippen molar-refractivity contribution < 1.29 is 14.7 Å². The number of nitrogen functional groups attached to an aromatic ring is 1. The zero-order chi connectivity index (χ0) is 14.2. The molecule has 19 heavy (non-hydrogen) atoms. The topological polar surface area (TPSA) is 124 Å². The maximum Gasteiger partial charge on any atom is 0.337 e. The van der Waals surface area contributed by atoms with Gasteiger partial charge < -0.3 is 16.6 Å². The van der Waals surface area contributed by atoms with E-state index in [4.69, 9.17) is 16.6 Å². The molecular weight excluding hydrogens is 248 g/mol. The lowest BCUT2D eigenvalue weighted by molar-refractivity contribution is 0.0697. The first-order valence-corrected chi connectivity index (χ1v) is 5.39. The fourth-order valence-electron chi connectivity index (χ4n) is 1.69. The number of carboxylic acid groups (broad SMARTS) is 1. The van der Waals surface area contributed by atoms with E-state index in [1.54, 1.807) is 13.0 Å². The van der Waals surface area contributed by atoms with Crippen molar-refractivity contribution in [1.29, 1.82) is 0 Å². The Morgan fingerprint density at radius 3 is 2.58 bits per heavy atom. The first kappa shape index (κ1) is 12.6. The fourth-order valence-corrected chi connectivity index (χ4v) is 1.69. The average Bonchev–Trinajstić information content (AvgIpc) is 2.81. The predicted molar refractivity (Wildman–Crippen MR) is 68.2 cm³/mol. The highest BCUT2D eigenvalue weighted by Gasteiger charge is 2.13. The molecule has 98 valence electrons. The van der Waals surface area contributed by atoms with Gasteiger partial charge in [-0.2, -0.15) is 5.10 Å². The van der Waals surface area contributed by atoms with Crippen molar-refractivity contribution in [1.82, 2.24) is 9.78 Å². The fraction of sp³-hybridized carbons (Fsp3) is 0.0833. The molecule has 7 heteroatoms. The van der Waals surface area contributed by atoms with Crippen molar-refractivity contribution in [3.63, 3.8) is 0 Å². The lowest BCUT2D eigenvalue weighted by atomic mass is 10.1. The molecule has 0 saturated carbocycles. The number of anilines is 1. The minimum absolute atomic E-state index is 0.00822. The van der Waals surface area contributed by atoms with Crippen LogP contribution >= 0.6 is 0 Å². The lowest BCUT2D eigenvalue weighted by Crippen LogP contribution is -2.12. The third-order valence-electron chi connectivity index (χ3n) is 2.71. The van der Waals surface area contributed by atoms with Crippen LogP contribution in [0.15, 0.2) is 24.4 Å². The summed E-state index contributed by atoms with van der Waals surface area (Å²) in [4.78, 5) is 22.1. The van der Waals surface area contributed by atoms with E-state index in [0.717, 1.165) is 0 Å². The second-order valence-electron chi connectivity index (χ2n) is 4.04. The summed E-state index contributed by atoms with van der Waals surface area (Å²) in [5.74, 6) is -1.77. The molecule has 0 aliphatic heterocycles. The van der Waals surface area contributed by atoms with Gasteiger partial charge in [-0.05, 0) is 30.7 Å². The van der Waals surface area contributed by atoms with E-state index in [2.05, 4.69) is 5.10 Å². The minimum Gasteiger partial charge on any atom is -0.478 e. The normalized spacial score (nSPS) is 10.4. The molecule has 0 bridgehead atoms. The number of carbonyl (C=O) groups excluding carboxylic acids is 1. The van der Waals surface area contributed by atoms with Crippen molar-refractivity contribution in [2.45, 2.75) is 6.92 Å². The van der Waals surface area contributed by atoms with Crippen LogP contribution in [0.4, 0.5) is 5.69 Å². The van der Waals surface area contributed by atoms with Gasteiger partial charge in [0, 0.05) is 11.9 Å². The summed E-state index contributed by atoms with van der Waals surface area (Å²) in [7, 11) is 0. The maximum atomic E-state index is 11.1. The Hall–Kier alpha value is -2.83. The van der Waals surface area contributed by atoms with Gasteiger partial charge in [0.25, 0.3) is 5.91 Å². The Labute approximate surface area is 108 Å². The van der Waals surface area contributed by atoms with E-state index in [-0.39, 0.29) is 16.9 Å². The number of aromatic nitrogens is 2. The Balaban J connectivity index is 2.56. The molecule has 5 N–H and O–H groups in total. The summed E-state index contributed by atoms with van der Waals surface area (Å²) < 4.78 is 1.37. The summed E-state index contributed by atoms with van der Waals surface area (Å²) in [6.45, 7) is 1.70. The first-order valence-electron chi connectivity index (χ1n) is 5.39. The smallest absolute Gasteiger partial charge is 0.337 e. The second-order valence-corrected chi connectivity index (χ2v) is 4.04. The number of carboxylic acids is 1. The number of benzene rings is 1. The minimum atomic E-state index is -1.12. The zero-order valence-electron chi connectivity index (χ0n) is 10.1. The highest BCUT2D eigenvalue weighted by Crippen LogP contribution is 2.22. The SMILES string of the molecule is Cc1cc(-n2ccc(C(N)=O)n2)cc(C(=O)O)c1N. The quantitative estimate of drug-likeness (QED) is 0.695. The van der Waals surface area contributed by atoms with Crippen LogP contribution in [0.2, 0.25) is 0 Å². The molecule has 0 saturated heterocycles. The third kappa shape index (κ3) is 2.25. The number of hydrogen-bond donors (Lipinski definition) is 3. The Kier molecular flexibility index (Phi) is 2.95. The maximum absolute atomic E-state index is 11.1. The largest absolute Gasteiger partial charge is 0.478 e. The molecule has 2 rings (SSSR count). The summed E-state index contributed by atoms with van der Waals surface area (Å²) in [5, 5.41) is 13.0. The van der Waals surface area contributed by atoms with Gasteiger partial charge in [-0.3, -0.25) is 4.79 Å². The first-order chi connectivity index (χ1) is 8.90. The van der Waals surface area contributed by atoms with Gasteiger partial charge in [0.2, 0.25) is 0 Å². The Morgan fingerprint density at radius 2 is 2.05 bits per heavy atom. The van der Waals surface area contributed by atoms with E-state index in [0.29, 0.717) is 11.3 Å². The van der Waals surface area contributed by atoms with Gasteiger partial charge in [-0.15, -0.1) is 0 Å². The van der Waals surface area contributed by atoms with Gasteiger partial charge in [0.1, 0.15) is 5.69 Å². The van der Waals surface area contributed by atoms with Crippen LogP contribution in [0.3, 0.4) is 0 Å². The van der Waals surface area contributed by atoms with E-state index >= 15 is 0 Å².